The first-order valence-electron chi connectivity index (χ1n) is 8.45. The Hall–Kier alpha value is -1.60. The van der Waals surface area contributed by atoms with Crippen molar-refractivity contribution in [3.05, 3.63) is 71.8 Å². The number of hydrogen-bond donors (Lipinski definition) is 0. The average molecular weight is 310 g/mol. The van der Waals surface area contributed by atoms with Crippen LogP contribution in [0.3, 0.4) is 0 Å². The van der Waals surface area contributed by atoms with Gasteiger partial charge in [0.2, 0.25) is 0 Å². The van der Waals surface area contributed by atoms with E-state index >= 15 is 0 Å². The van der Waals surface area contributed by atoms with E-state index < -0.39 is 0 Å². The van der Waals surface area contributed by atoms with Crippen LogP contribution in [0.1, 0.15) is 64.9 Å². The molecule has 2 aromatic carbocycles. The van der Waals surface area contributed by atoms with Crippen LogP contribution in [0.15, 0.2) is 60.7 Å². The average Bonchev–Trinajstić information content (AvgIpc) is 2.47. The van der Waals surface area contributed by atoms with E-state index in [0.29, 0.717) is 0 Å². The van der Waals surface area contributed by atoms with E-state index in [2.05, 4.69) is 102 Å². The van der Waals surface area contributed by atoms with Crippen molar-refractivity contribution in [3.63, 3.8) is 0 Å². The number of rotatable bonds is 4. The molecule has 2 aromatic rings. The molecule has 0 saturated carbocycles. The molecular weight excluding hydrogens is 280 g/mol. The predicted molar refractivity (Wildman–Crippen MR) is 98.4 cm³/mol. The van der Waals surface area contributed by atoms with Crippen LogP contribution in [0.4, 0.5) is 0 Å². The van der Waals surface area contributed by atoms with Gasteiger partial charge in [0, 0.05) is 0 Å². The molecule has 0 saturated heterocycles. The van der Waals surface area contributed by atoms with Gasteiger partial charge < -0.3 is 4.74 Å². The second kappa shape index (κ2) is 6.88. The molecule has 0 heterocycles. The van der Waals surface area contributed by atoms with Gasteiger partial charge in [0.25, 0.3) is 0 Å². The molecule has 2 rings (SSSR count). The molecule has 0 spiro atoms. The van der Waals surface area contributed by atoms with Crippen LogP contribution in [-0.2, 0) is 4.74 Å². The van der Waals surface area contributed by atoms with Gasteiger partial charge in [-0.05, 0) is 22.0 Å². The Morgan fingerprint density at radius 1 is 0.565 bits per heavy atom. The van der Waals surface area contributed by atoms with Crippen LogP contribution in [0, 0.1) is 10.8 Å². The smallest absolute Gasteiger partial charge is 0.0881 e. The maximum atomic E-state index is 6.75. The molecule has 23 heavy (non-hydrogen) atoms. The molecule has 0 fully saturated rings. The first-order valence-corrected chi connectivity index (χ1v) is 8.45. The van der Waals surface area contributed by atoms with Crippen LogP contribution in [0.25, 0.3) is 0 Å². The lowest BCUT2D eigenvalue weighted by molar-refractivity contribution is -0.112. The molecule has 1 nitrogen and oxygen atoms in total. The molecule has 0 bridgehead atoms. The molecule has 1 heteroatoms. The number of hydrogen-bond acceptors (Lipinski definition) is 1. The van der Waals surface area contributed by atoms with Gasteiger partial charge in [0.15, 0.2) is 0 Å². The summed E-state index contributed by atoms with van der Waals surface area (Å²) >= 11 is 0. The van der Waals surface area contributed by atoms with E-state index in [1.807, 2.05) is 0 Å². The van der Waals surface area contributed by atoms with Gasteiger partial charge in [-0.25, -0.2) is 0 Å². The van der Waals surface area contributed by atoms with E-state index in [-0.39, 0.29) is 23.0 Å². The third-order valence-corrected chi connectivity index (χ3v) is 4.05. The molecule has 0 aromatic heterocycles. The highest BCUT2D eigenvalue weighted by Gasteiger charge is 2.35. The van der Waals surface area contributed by atoms with Crippen molar-refractivity contribution in [1.29, 1.82) is 0 Å². The molecule has 2 atom stereocenters. The lowest BCUT2D eigenvalue weighted by atomic mass is 9.81. The first kappa shape index (κ1) is 17.7. The van der Waals surface area contributed by atoms with Gasteiger partial charge >= 0.3 is 0 Å². The van der Waals surface area contributed by atoms with Gasteiger partial charge in [-0.1, -0.05) is 102 Å². The SMILES string of the molecule is CC(C)(C)C(OC(c1ccccc1)C(C)(C)C)c1ccccc1. The van der Waals surface area contributed by atoms with E-state index in [1.165, 1.54) is 11.1 Å². The van der Waals surface area contributed by atoms with Crippen molar-refractivity contribution in [2.45, 2.75) is 53.8 Å². The lowest BCUT2D eigenvalue weighted by Crippen LogP contribution is -2.29. The summed E-state index contributed by atoms with van der Waals surface area (Å²) in [5.74, 6) is 0. The fourth-order valence-corrected chi connectivity index (χ4v) is 2.96. The fraction of sp³-hybridized carbons (Fsp3) is 0.455. The topological polar surface area (TPSA) is 9.23 Å². The van der Waals surface area contributed by atoms with E-state index in [9.17, 15) is 0 Å². The molecule has 0 N–H and O–H groups in total. The molecule has 0 amide bonds. The second-order valence-electron chi connectivity index (χ2n) is 8.45. The summed E-state index contributed by atoms with van der Waals surface area (Å²) in [4.78, 5) is 0. The standard InChI is InChI=1S/C22H30O/c1-21(2,3)19(17-13-9-7-10-14-17)23-20(22(4,5)6)18-15-11-8-12-16-18/h7-16,19-20H,1-6H3. The zero-order valence-corrected chi connectivity index (χ0v) is 15.3. The minimum absolute atomic E-state index is 0.0274. The third-order valence-electron chi connectivity index (χ3n) is 4.05. The quantitative estimate of drug-likeness (QED) is 0.620. The Balaban J connectivity index is 2.39. The fourth-order valence-electron chi connectivity index (χ4n) is 2.96. The van der Waals surface area contributed by atoms with E-state index in [1.54, 1.807) is 0 Å². The largest absolute Gasteiger partial charge is 0.365 e. The van der Waals surface area contributed by atoms with E-state index in [0.717, 1.165) is 0 Å². The van der Waals surface area contributed by atoms with Crippen LogP contribution in [0.5, 0.6) is 0 Å². The van der Waals surface area contributed by atoms with Gasteiger partial charge in [-0.15, -0.1) is 0 Å². The van der Waals surface area contributed by atoms with Gasteiger partial charge in [-0.3, -0.25) is 0 Å². The molecule has 0 aliphatic carbocycles. The van der Waals surface area contributed by atoms with E-state index in [4.69, 9.17) is 4.74 Å². The Labute approximate surface area is 141 Å². The zero-order chi connectivity index (χ0) is 17.1. The van der Waals surface area contributed by atoms with Crippen LogP contribution in [-0.4, -0.2) is 0 Å². The van der Waals surface area contributed by atoms with Crippen LogP contribution < -0.4 is 0 Å². The van der Waals surface area contributed by atoms with Gasteiger partial charge in [0.1, 0.15) is 0 Å². The minimum Gasteiger partial charge on any atom is -0.365 e. The van der Waals surface area contributed by atoms with Crippen LogP contribution in [0.2, 0.25) is 0 Å². The summed E-state index contributed by atoms with van der Waals surface area (Å²) in [6.07, 6.45) is 0.0984. The summed E-state index contributed by atoms with van der Waals surface area (Å²) in [7, 11) is 0. The summed E-state index contributed by atoms with van der Waals surface area (Å²) in [6.45, 7) is 13.5. The van der Waals surface area contributed by atoms with Gasteiger partial charge in [-0.2, -0.15) is 0 Å². The minimum atomic E-state index is 0.0274. The van der Waals surface area contributed by atoms with Crippen molar-refractivity contribution in [3.8, 4) is 0 Å². The third kappa shape index (κ3) is 4.68. The normalized spacial score (nSPS) is 15.2. The molecule has 0 radical (unpaired) electrons. The molecule has 2 unspecified atom stereocenters. The maximum Gasteiger partial charge on any atom is 0.0881 e. The van der Waals surface area contributed by atoms with Crippen molar-refractivity contribution >= 4 is 0 Å². The molecule has 0 aliphatic heterocycles. The Kier molecular flexibility index (Phi) is 5.31. The van der Waals surface area contributed by atoms with Crippen LogP contribution >= 0.6 is 0 Å². The van der Waals surface area contributed by atoms with Crippen molar-refractivity contribution in [2.24, 2.45) is 10.8 Å². The summed E-state index contributed by atoms with van der Waals surface area (Å²) in [5.41, 5.74) is 2.54. The Morgan fingerprint density at radius 3 is 1.13 bits per heavy atom. The predicted octanol–water partition coefficient (Wildman–Crippen LogP) is 6.58. The highest BCUT2D eigenvalue weighted by Crippen LogP contribution is 2.45. The van der Waals surface area contributed by atoms with Crippen molar-refractivity contribution < 1.29 is 4.74 Å². The lowest BCUT2D eigenvalue weighted by Gasteiger charge is -2.39. The summed E-state index contributed by atoms with van der Waals surface area (Å²) < 4.78 is 6.75. The Morgan fingerprint density at radius 2 is 0.870 bits per heavy atom. The Bertz CT molecular complexity index is 532. The number of benzene rings is 2. The molecule has 124 valence electrons. The first-order chi connectivity index (χ1) is 10.7. The van der Waals surface area contributed by atoms with Crippen molar-refractivity contribution in [1.82, 2.24) is 0 Å². The highest BCUT2D eigenvalue weighted by molar-refractivity contribution is 5.22. The summed E-state index contributed by atoms with van der Waals surface area (Å²) in [5, 5.41) is 0. The molecule has 0 aliphatic rings. The van der Waals surface area contributed by atoms with Gasteiger partial charge in [0.05, 0.1) is 12.2 Å². The van der Waals surface area contributed by atoms with Crippen molar-refractivity contribution in [2.75, 3.05) is 0 Å². The second-order valence-corrected chi connectivity index (χ2v) is 8.45. The maximum absolute atomic E-state index is 6.75. The summed E-state index contributed by atoms with van der Waals surface area (Å²) in [6, 6.07) is 21.1. The zero-order valence-electron chi connectivity index (χ0n) is 15.3. The molecular formula is C22H30O. The highest BCUT2D eigenvalue weighted by atomic mass is 16.5. The monoisotopic (exact) mass is 310 g/mol. The number of ether oxygens (including phenoxy) is 1.